The second-order valence-electron chi connectivity index (χ2n) is 3.96. The molecule has 0 amide bonds. The van der Waals surface area contributed by atoms with E-state index in [0.717, 1.165) is 12.4 Å². The third-order valence-electron chi connectivity index (χ3n) is 2.80. The predicted octanol–water partition coefficient (Wildman–Crippen LogP) is 0.270. The Morgan fingerprint density at radius 2 is 2.20 bits per heavy atom. The largest absolute Gasteiger partial charge is 0.475 e. The number of aromatic amines is 1. The number of Topliss-reactive ketones (excluding diaryl/α,β-unsaturated/α-hetero) is 1. The molecule has 3 rings (SSSR count). The van der Waals surface area contributed by atoms with Gasteiger partial charge in [-0.25, -0.2) is 19.2 Å². The smallest absolute Gasteiger partial charge is 0.377 e. The van der Waals surface area contributed by atoms with E-state index in [9.17, 15) is 14.0 Å². The van der Waals surface area contributed by atoms with Crippen molar-refractivity contribution in [2.45, 2.75) is 0 Å². The zero-order valence-corrected chi connectivity index (χ0v) is 9.85. The molecule has 8 nitrogen and oxygen atoms in total. The fourth-order valence-corrected chi connectivity index (χ4v) is 1.95. The summed E-state index contributed by atoms with van der Waals surface area (Å²) < 4.78 is 13.9. The number of carboxylic acids is 1. The number of carboxylic acid groups (broad SMARTS) is 1. The van der Waals surface area contributed by atoms with Crippen LogP contribution in [0.2, 0.25) is 0 Å². The van der Waals surface area contributed by atoms with Crippen LogP contribution in [-0.4, -0.2) is 26.8 Å². The van der Waals surface area contributed by atoms with Crippen LogP contribution in [0.15, 0.2) is 24.8 Å². The lowest BCUT2D eigenvalue weighted by molar-refractivity contribution is -0.131. The highest BCUT2D eigenvalue weighted by Gasteiger charge is 2.24. The number of H-pyrrole nitrogens is 1. The van der Waals surface area contributed by atoms with Gasteiger partial charge in [0.15, 0.2) is 11.6 Å². The van der Waals surface area contributed by atoms with Crippen molar-refractivity contribution in [1.82, 2.24) is 20.9 Å². The number of carbonyl (C=O) groups excluding carboxylic acids is 1. The van der Waals surface area contributed by atoms with Gasteiger partial charge in [-0.1, -0.05) is 0 Å². The summed E-state index contributed by atoms with van der Waals surface area (Å²) >= 11 is 0. The van der Waals surface area contributed by atoms with Crippen molar-refractivity contribution in [3.05, 3.63) is 36.2 Å². The molecule has 0 aliphatic carbocycles. The molecule has 1 aliphatic rings. The third-order valence-corrected chi connectivity index (χ3v) is 2.80. The lowest BCUT2D eigenvalue weighted by atomic mass is 10.1. The summed E-state index contributed by atoms with van der Waals surface area (Å²) in [5.41, 5.74) is 5.37. The van der Waals surface area contributed by atoms with Gasteiger partial charge >= 0.3 is 5.97 Å². The molecule has 102 valence electrons. The van der Waals surface area contributed by atoms with E-state index in [1.54, 1.807) is 12.4 Å². The van der Waals surface area contributed by atoms with E-state index in [0.29, 0.717) is 5.82 Å². The number of ketones is 1. The van der Waals surface area contributed by atoms with Gasteiger partial charge < -0.3 is 15.5 Å². The highest BCUT2D eigenvalue weighted by Crippen LogP contribution is 2.28. The minimum Gasteiger partial charge on any atom is -0.475 e. The maximum absolute atomic E-state index is 13.9. The van der Waals surface area contributed by atoms with Gasteiger partial charge in [-0.05, 0) is 0 Å². The molecule has 4 N–H and O–H groups in total. The van der Waals surface area contributed by atoms with Crippen LogP contribution >= 0.6 is 0 Å². The number of halogens is 1. The van der Waals surface area contributed by atoms with Gasteiger partial charge in [-0.15, -0.1) is 5.53 Å². The molecule has 0 atom stereocenters. The van der Waals surface area contributed by atoms with Gasteiger partial charge in [0.25, 0.3) is 5.78 Å². The molecule has 3 heterocycles. The molecule has 0 spiro atoms. The number of fused-ring (bicyclic) bond motifs is 1. The minimum absolute atomic E-state index is 0.107. The number of aliphatic carboxylic acids is 1. The first-order chi connectivity index (χ1) is 9.59. The highest BCUT2D eigenvalue weighted by molar-refractivity contribution is 6.42. The summed E-state index contributed by atoms with van der Waals surface area (Å²) in [7, 11) is 0. The number of hydrogen-bond acceptors (Lipinski definition) is 6. The Kier molecular flexibility index (Phi) is 2.61. The molecule has 1 aliphatic heterocycles. The molecule has 0 bridgehead atoms. The maximum atomic E-state index is 13.9. The van der Waals surface area contributed by atoms with Crippen molar-refractivity contribution >= 4 is 28.5 Å². The first kappa shape index (κ1) is 12.1. The first-order valence-corrected chi connectivity index (χ1v) is 5.50. The van der Waals surface area contributed by atoms with Crippen LogP contribution in [0.25, 0.3) is 10.9 Å². The highest BCUT2D eigenvalue weighted by atomic mass is 19.1. The number of pyridine rings is 1. The Balaban J connectivity index is 2.22. The van der Waals surface area contributed by atoms with Crippen LogP contribution in [-0.2, 0) is 4.79 Å². The van der Waals surface area contributed by atoms with E-state index in [4.69, 9.17) is 5.11 Å². The summed E-state index contributed by atoms with van der Waals surface area (Å²) in [4.78, 5) is 28.9. The first-order valence-electron chi connectivity index (χ1n) is 5.50. The number of rotatable bonds is 3. The number of nitrogens with zero attached hydrogens (tertiary/aromatic N) is 2. The second-order valence-corrected chi connectivity index (χ2v) is 3.96. The Hall–Kier alpha value is -2.94. The van der Waals surface area contributed by atoms with Crippen LogP contribution in [0.3, 0.4) is 0 Å². The van der Waals surface area contributed by atoms with Gasteiger partial charge in [0.05, 0.1) is 22.7 Å². The molecular formula is C11H8FN5O3. The number of hydrazine groups is 2. The van der Waals surface area contributed by atoms with Gasteiger partial charge in [-0.2, -0.15) is 0 Å². The minimum atomic E-state index is -1.65. The van der Waals surface area contributed by atoms with E-state index in [1.165, 1.54) is 5.01 Å². The Morgan fingerprint density at radius 3 is 2.85 bits per heavy atom. The van der Waals surface area contributed by atoms with Crippen molar-refractivity contribution in [3.8, 4) is 0 Å². The Morgan fingerprint density at radius 1 is 1.40 bits per heavy atom. The van der Waals surface area contributed by atoms with Crippen LogP contribution < -0.4 is 16.0 Å². The van der Waals surface area contributed by atoms with E-state index < -0.39 is 17.6 Å². The Labute approximate surface area is 110 Å². The molecule has 20 heavy (non-hydrogen) atoms. The Bertz CT molecular complexity index is 754. The molecule has 9 heteroatoms. The van der Waals surface area contributed by atoms with Crippen molar-refractivity contribution < 1.29 is 19.1 Å². The molecular weight excluding hydrogens is 269 g/mol. The SMILES string of the molecule is O=C(O)C(=O)c1c[nH]c2c(N3C=CNN3)ncc(F)c12. The summed E-state index contributed by atoms with van der Waals surface area (Å²) in [5.74, 6) is -3.31. The summed E-state index contributed by atoms with van der Waals surface area (Å²) in [6.07, 6.45) is 5.27. The molecule has 0 fully saturated rings. The standard InChI is InChI=1S/C11H8FN5O3/c12-6-4-14-10(17-2-1-15-16-17)8-7(6)5(3-13-8)9(18)11(19)20/h1-4,13,15-16H,(H,19,20). The number of nitrogens with one attached hydrogen (secondary N) is 3. The maximum Gasteiger partial charge on any atom is 0.377 e. The van der Waals surface area contributed by atoms with Crippen LogP contribution in [0.1, 0.15) is 10.4 Å². The fourth-order valence-electron chi connectivity index (χ4n) is 1.95. The number of anilines is 1. The summed E-state index contributed by atoms with van der Waals surface area (Å²) in [6.45, 7) is 0. The van der Waals surface area contributed by atoms with Gasteiger partial charge in [0.1, 0.15) is 0 Å². The number of aromatic nitrogens is 2. The van der Waals surface area contributed by atoms with Gasteiger partial charge in [-0.3, -0.25) is 4.79 Å². The number of hydrogen-bond donors (Lipinski definition) is 4. The van der Waals surface area contributed by atoms with Gasteiger partial charge in [0.2, 0.25) is 0 Å². The molecule has 0 aromatic carbocycles. The lowest BCUT2D eigenvalue weighted by Gasteiger charge is -2.14. The topological polar surface area (TPSA) is 110 Å². The second kappa shape index (κ2) is 4.31. The zero-order chi connectivity index (χ0) is 14.3. The molecule has 0 saturated heterocycles. The van der Waals surface area contributed by atoms with Gasteiger partial charge in [0, 0.05) is 18.6 Å². The quantitative estimate of drug-likeness (QED) is 0.471. The average Bonchev–Trinajstić information content (AvgIpc) is 3.07. The van der Waals surface area contributed by atoms with Crippen LogP contribution in [0.5, 0.6) is 0 Å². The molecule has 2 aromatic rings. The van der Waals surface area contributed by atoms with Crippen molar-refractivity contribution in [2.24, 2.45) is 0 Å². The predicted molar refractivity (Wildman–Crippen MR) is 65.9 cm³/mol. The van der Waals surface area contributed by atoms with Crippen LogP contribution in [0.4, 0.5) is 10.2 Å². The van der Waals surface area contributed by atoms with E-state index >= 15 is 0 Å². The lowest BCUT2D eigenvalue weighted by Crippen LogP contribution is -2.36. The molecule has 2 aromatic heterocycles. The monoisotopic (exact) mass is 277 g/mol. The van der Waals surface area contributed by atoms with E-state index in [2.05, 4.69) is 20.9 Å². The zero-order valence-electron chi connectivity index (χ0n) is 9.85. The van der Waals surface area contributed by atoms with Crippen molar-refractivity contribution in [3.63, 3.8) is 0 Å². The van der Waals surface area contributed by atoms with Crippen LogP contribution in [0, 0.1) is 5.82 Å². The van der Waals surface area contributed by atoms with E-state index in [-0.39, 0.29) is 16.5 Å². The normalized spacial score (nSPS) is 13.8. The fraction of sp³-hybridized carbons (Fsp3) is 0. The summed E-state index contributed by atoms with van der Waals surface area (Å²) in [6, 6.07) is 0. The summed E-state index contributed by atoms with van der Waals surface area (Å²) in [5, 5.41) is 10.1. The number of carbonyl (C=O) groups is 2. The molecule has 0 unspecified atom stereocenters. The third kappa shape index (κ3) is 1.68. The molecule has 0 saturated carbocycles. The molecule has 0 radical (unpaired) electrons. The van der Waals surface area contributed by atoms with Crippen molar-refractivity contribution in [1.29, 1.82) is 0 Å². The van der Waals surface area contributed by atoms with Crippen molar-refractivity contribution in [2.75, 3.05) is 5.01 Å². The van der Waals surface area contributed by atoms with E-state index in [1.807, 2.05) is 0 Å². The average molecular weight is 277 g/mol.